The minimum absolute atomic E-state index is 0.0142. The van der Waals surface area contributed by atoms with Crippen LogP contribution in [0.1, 0.15) is 63.8 Å². The zero-order chi connectivity index (χ0) is 34.2. The van der Waals surface area contributed by atoms with Gasteiger partial charge in [0.25, 0.3) is 17.4 Å². The Bertz CT molecular complexity index is 2300. The summed E-state index contributed by atoms with van der Waals surface area (Å²) < 4.78 is 8.60. The number of para-hydroxylation sites is 2. The maximum absolute atomic E-state index is 13.9. The fourth-order valence-electron chi connectivity index (χ4n) is 6.65. The quantitative estimate of drug-likeness (QED) is 0.225. The van der Waals surface area contributed by atoms with Crippen molar-refractivity contribution in [1.82, 2.24) is 29.4 Å². The van der Waals surface area contributed by atoms with Gasteiger partial charge in [-0.3, -0.25) is 19.4 Å². The Morgan fingerprint density at radius 2 is 1.63 bits per heavy atom. The number of aryl methyl sites for hydroxylation is 2. The monoisotopic (exact) mass is 657 g/mol. The molecular formula is C37H35N7O5. The summed E-state index contributed by atoms with van der Waals surface area (Å²) in [5, 5.41) is 11.9. The first kappa shape index (κ1) is 31.6. The van der Waals surface area contributed by atoms with Crippen molar-refractivity contribution in [3.63, 3.8) is 0 Å². The highest BCUT2D eigenvalue weighted by Gasteiger charge is 2.32. The molecule has 248 valence electrons. The van der Waals surface area contributed by atoms with Crippen LogP contribution >= 0.6 is 0 Å². The molecule has 7 rings (SSSR count). The SMILES string of the molecule is Cc1ccc(-c2cn(C3CCC(N(C)C(=O)c4c(C)oc5[nH]c(=O)n(-c6ccccc6)c(=O)c45)CC3)nn2)cc1C(=O)Nc1ccccc1. The van der Waals surface area contributed by atoms with Gasteiger partial charge in [-0.2, -0.15) is 0 Å². The van der Waals surface area contributed by atoms with E-state index in [2.05, 4.69) is 20.6 Å². The van der Waals surface area contributed by atoms with E-state index in [4.69, 9.17) is 4.42 Å². The first-order valence-corrected chi connectivity index (χ1v) is 16.2. The number of carbonyl (C=O) groups excluding carboxylic acids is 2. The smallest absolute Gasteiger partial charge is 0.335 e. The number of anilines is 1. The van der Waals surface area contributed by atoms with Gasteiger partial charge in [-0.25, -0.2) is 14.0 Å². The largest absolute Gasteiger partial charge is 0.444 e. The summed E-state index contributed by atoms with van der Waals surface area (Å²) in [4.78, 5) is 57.7. The number of carbonyl (C=O) groups is 2. The zero-order valence-corrected chi connectivity index (χ0v) is 27.3. The van der Waals surface area contributed by atoms with Gasteiger partial charge in [0, 0.05) is 29.9 Å². The van der Waals surface area contributed by atoms with Crippen LogP contribution in [0.15, 0.2) is 99.1 Å². The van der Waals surface area contributed by atoms with Gasteiger partial charge in [0.15, 0.2) is 0 Å². The minimum atomic E-state index is -0.643. The molecule has 3 aromatic heterocycles. The molecule has 1 aliphatic rings. The summed E-state index contributed by atoms with van der Waals surface area (Å²) in [5.41, 5.74) is 2.90. The van der Waals surface area contributed by atoms with E-state index in [1.54, 1.807) is 49.2 Å². The summed E-state index contributed by atoms with van der Waals surface area (Å²) in [6.07, 6.45) is 4.88. The fourth-order valence-corrected chi connectivity index (χ4v) is 6.65. The van der Waals surface area contributed by atoms with Crippen LogP contribution in [0, 0.1) is 13.8 Å². The molecule has 1 aliphatic carbocycles. The third kappa shape index (κ3) is 5.97. The normalized spacial score (nSPS) is 16.1. The van der Waals surface area contributed by atoms with Crippen LogP contribution in [0.25, 0.3) is 28.0 Å². The number of benzene rings is 3. The van der Waals surface area contributed by atoms with Gasteiger partial charge in [-0.15, -0.1) is 5.10 Å². The second kappa shape index (κ2) is 12.9. The minimum Gasteiger partial charge on any atom is -0.444 e. The molecule has 6 aromatic rings. The molecule has 0 unspecified atom stereocenters. The van der Waals surface area contributed by atoms with Crippen LogP contribution in [0.2, 0.25) is 0 Å². The Labute approximate surface area is 281 Å². The number of aromatic amines is 1. The third-order valence-corrected chi connectivity index (χ3v) is 9.38. The van der Waals surface area contributed by atoms with Crippen LogP contribution < -0.4 is 16.6 Å². The van der Waals surface area contributed by atoms with Gasteiger partial charge in [-0.05, 0) is 75.4 Å². The molecule has 1 saturated carbocycles. The molecular weight excluding hydrogens is 622 g/mol. The van der Waals surface area contributed by atoms with Gasteiger partial charge < -0.3 is 14.6 Å². The third-order valence-electron chi connectivity index (χ3n) is 9.38. The number of furan rings is 1. The standard InChI is InChI=1S/C37H35N7O5/c1-22-14-15-24(20-29(22)33(45)38-25-10-6-4-7-11-25)30-21-43(41-40-30)27-18-16-26(17-19-27)42(3)35(46)31-23(2)49-34-32(31)36(47)44(37(48)39-34)28-12-8-5-9-13-28/h4-15,20-21,26-27H,16-19H2,1-3H3,(H,38,45)(H,39,48). The number of amides is 2. The Morgan fingerprint density at radius 3 is 2.35 bits per heavy atom. The first-order valence-electron chi connectivity index (χ1n) is 16.2. The molecule has 0 radical (unpaired) electrons. The van der Waals surface area contributed by atoms with Gasteiger partial charge >= 0.3 is 5.69 Å². The van der Waals surface area contributed by atoms with E-state index < -0.39 is 11.2 Å². The van der Waals surface area contributed by atoms with E-state index in [9.17, 15) is 19.2 Å². The van der Waals surface area contributed by atoms with Crippen molar-refractivity contribution in [1.29, 1.82) is 0 Å². The zero-order valence-electron chi connectivity index (χ0n) is 27.3. The molecule has 2 amide bonds. The van der Waals surface area contributed by atoms with Gasteiger partial charge in [0.2, 0.25) is 5.71 Å². The Kier molecular flexibility index (Phi) is 8.29. The molecule has 1 fully saturated rings. The Morgan fingerprint density at radius 1 is 0.939 bits per heavy atom. The summed E-state index contributed by atoms with van der Waals surface area (Å²) in [6.45, 7) is 3.52. The number of aromatic nitrogens is 5. The topological polar surface area (TPSA) is 148 Å². The second-order valence-corrected chi connectivity index (χ2v) is 12.5. The van der Waals surface area contributed by atoms with E-state index in [0.717, 1.165) is 47.1 Å². The van der Waals surface area contributed by atoms with Gasteiger partial charge in [-0.1, -0.05) is 53.7 Å². The number of rotatable bonds is 7. The van der Waals surface area contributed by atoms with Crippen LogP contribution in [0.4, 0.5) is 5.69 Å². The number of hydrogen-bond donors (Lipinski definition) is 2. The summed E-state index contributed by atoms with van der Waals surface area (Å²) in [7, 11) is 1.74. The van der Waals surface area contributed by atoms with E-state index in [1.165, 1.54) is 0 Å². The second-order valence-electron chi connectivity index (χ2n) is 12.5. The van der Waals surface area contributed by atoms with Crippen LogP contribution in [0.5, 0.6) is 0 Å². The predicted molar refractivity (Wildman–Crippen MR) is 185 cm³/mol. The number of fused-ring (bicyclic) bond motifs is 1. The van der Waals surface area contributed by atoms with E-state index >= 15 is 0 Å². The first-order chi connectivity index (χ1) is 23.7. The van der Waals surface area contributed by atoms with Gasteiger partial charge in [0.05, 0.1) is 23.5 Å². The maximum Gasteiger partial charge on any atom is 0.335 e. The Balaban J connectivity index is 1.05. The number of hydrogen-bond acceptors (Lipinski definition) is 7. The van der Waals surface area contributed by atoms with Crippen molar-refractivity contribution < 1.29 is 14.0 Å². The van der Waals surface area contributed by atoms with Crippen molar-refractivity contribution >= 4 is 28.6 Å². The molecule has 0 spiro atoms. The predicted octanol–water partition coefficient (Wildman–Crippen LogP) is 5.66. The summed E-state index contributed by atoms with van der Waals surface area (Å²) >= 11 is 0. The lowest BCUT2D eigenvalue weighted by molar-refractivity contribution is 0.0674. The number of H-pyrrole nitrogens is 1. The average Bonchev–Trinajstić information content (AvgIpc) is 3.73. The molecule has 3 aromatic carbocycles. The molecule has 0 bridgehead atoms. The molecule has 0 aliphatic heterocycles. The number of nitrogens with one attached hydrogen (secondary N) is 2. The van der Waals surface area contributed by atoms with E-state index in [1.807, 2.05) is 66.3 Å². The lowest BCUT2D eigenvalue weighted by Crippen LogP contribution is -2.40. The maximum atomic E-state index is 13.9. The lowest BCUT2D eigenvalue weighted by atomic mass is 9.90. The molecule has 0 saturated heterocycles. The van der Waals surface area contributed by atoms with Crippen molar-refractivity contribution in [2.45, 2.75) is 51.6 Å². The molecule has 49 heavy (non-hydrogen) atoms. The Hall–Kier alpha value is -6.04. The number of nitrogens with zero attached hydrogens (tertiary/aromatic N) is 5. The van der Waals surface area contributed by atoms with Crippen molar-refractivity contribution in [2.24, 2.45) is 0 Å². The lowest BCUT2D eigenvalue weighted by Gasteiger charge is -2.34. The van der Waals surface area contributed by atoms with Crippen LogP contribution in [-0.4, -0.2) is 54.3 Å². The highest BCUT2D eigenvalue weighted by molar-refractivity contribution is 6.07. The van der Waals surface area contributed by atoms with Crippen LogP contribution in [0.3, 0.4) is 0 Å². The molecule has 3 heterocycles. The molecule has 0 atom stereocenters. The van der Waals surface area contributed by atoms with Crippen molar-refractivity contribution in [3.8, 4) is 16.9 Å². The van der Waals surface area contributed by atoms with E-state index in [0.29, 0.717) is 16.9 Å². The van der Waals surface area contributed by atoms with Crippen molar-refractivity contribution in [2.75, 3.05) is 12.4 Å². The molecule has 2 N–H and O–H groups in total. The molecule has 12 nitrogen and oxygen atoms in total. The van der Waals surface area contributed by atoms with Crippen molar-refractivity contribution in [3.05, 3.63) is 128 Å². The van der Waals surface area contributed by atoms with Gasteiger partial charge in [0.1, 0.15) is 16.8 Å². The summed E-state index contributed by atoms with van der Waals surface area (Å²) in [6, 6.07) is 23.6. The van der Waals surface area contributed by atoms with E-state index in [-0.39, 0.29) is 46.3 Å². The molecule has 12 heteroatoms. The highest BCUT2D eigenvalue weighted by Crippen LogP contribution is 2.33. The highest BCUT2D eigenvalue weighted by atomic mass is 16.3. The fraction of sp³-hybridized carbons (Fsp3) is 0.243. The average molecular weight is 658 g/mol. The van der Waals surface area contributed by atoms with Crippen LogP contribution in [-0.2, 0) is 0 Å². The summed E-state index contributed by atoms with van der Waals surface area (Å²) in [5.74, 6) is -0.257.